The van der Waals surface area contributed by atoms with Gasteiger partial charge < -0.3 is 4.98 Å². The Morgan fingerprint density at radius 2 is 1.90 bits per heavy atom. The van der Waals surface area contributed by atoms with Crippen molar-refractivity contribution in [1.29, 1.82) is 0 Å². The Hall–Kier alpha value is -1.45. The third kappa shape index (κ3) is 3.09. The van der Waals surface area contributed by atoms with Crippen molar-refractivity contribution in [3.63, 3.8) is 0 Å². The maximum atomic E-state index is 12.4. The predicted molar refractivity (Wildman–Crippen MR) is 79.3 cm³/mol. The number of anilines is 1. The monoisotopic (exact) mass is 330 g/mol. The summed E-state index contributed by atoms with van der Waals surface area (Å²) in [6, 6.07) is 0. The Balaban J connectivity index is 1.85. The minimum atomic E-state index is -3.67. The van der Waals surface area contributed by atoms with E-state index < -0.39 is 10.2 Å². The van der Waals surface area contributed by atoms with E-state index in [1.54, 1.807) is 0 Å². The van der Waals surface area contributed by atoms with E-state index in [0.717, 1.165) is 25.7 Å². The lowest BCUT2D eigenvalue weighted by Gasteiger charge is -2.19. The summed E-state index contributed by atoms with van der Waals surface area (Å²) >= 11 is 5.97. The molecule has 0 spiro atoms. The van der Waals surface area contributed by atoms with E-state index in [-0.39, 0.29) is 11.1 Å². The van der Waals surface area contributed by atoms with Gasteiger partial charge in [-0.05, 0) is 12.8 Å². The van der Waals surface area contributed by atoms with Gasteiger partial charge in [0.25, 0.3) is 0 Å². The van der Waals surface area contributed by atoms with Crippen LogP contribution in [-0.4, -0.2) is 45.7 Å². The SMILES string of the molecule is O=S(=O)(Nc1nc(Cl)c2[nH]cnc2n1)N1CCCCCC1. The molecule has 0 atom stereocenters. The Kier molecular flexibility index (Phi) is 3.96. The van der Waals surface area contributed by atoms with Gasteiger partial charge in [0.05, 0.1) is 6.33 Å². The summed E-state index contributed by atoms with van der Waals surface area (Å²) in [5.41, 5.74) is 0.804. The van der Waals surface area contributed by atoms with Crippen molar-refractivity contribution in [3.8, 4) is 0 Å². The van der Waals surface area contributed by atoms with Gasteiger partial charge in [-0.2, -0.15) is 22.7 Å². The summed E-state index contributed by atoms with van der Waals surface area (Å²) in [5.74, 6) is -0.0659. The van der Waals surface area contributed by atoms with Gasteiger partial charge in [0.2, 0.25) is 5.95 Å². The fourth-order valence-electron chi connectivity index (χ4n) is 2.31. The molecule has 0 unspecified atom stereocenters. The molecule has 0 aliphatic carbocycles. The number of nitrogens with zero attached hydrogens (tertiary/aromatic N) is 4. The Morgan fingerprint density at radius 1 is 1.19 bits per heavy atom. The largest absolute Gasteiger partial charge is 0.341 e. The lowest BCUT2D eigenvalue weighted by atomic mass is 10.2. The van der Waals surface area contributed by atoms with Crippen LogP contribution in [0.2, 0.25) is 5.15 Å². The molecule has 1 saturated heterocycles. The van der Waals surface area contributed by atoms with E-state index in [1.807, 2.05) is 0 Å². The van der Waals surface area contributed by atoms with Gasteiger partial charge in [0.15, 0.2) is 10.8 Å². The lowest BCUT2D eigenvalue weighted by Crippen LogP contribution is -2.37. The molecule has 1 aliphatic rings. The maximum absolute atomic E-state index is 12.4. The molecule has 3 heterocycles. The average molecular weight is 331 g/mol. The zero-order valence-electron chi connectivity index (χ0n) is 11.2. The first-order valence-electron chi connectivity index (χ1n) is 6.71. The van der Waals surface area contributed by atoms with Crippen molar-refractivity contribution in [3.05, 3.63) is 11.5 Å². The van der Waals surface area contributed by atoms with Crippen LogP contribution in [0.4, 0.5) is 5.95 Å². The minimum Gasteiger partial charge on any atom is -0.341 e. The van der Waals surface area contributed by atoms with Gasteiger partial charge in [-0.1, -0.05) is 24.4 Å². The lowest BCUT2D eigenvalue weighted by molar-refractivity contribution is 0.427. The highest BCUT2D eigenvalue weighted by Crippen LogP contribution is 2.20. The van der Waals surface area contributed by atoms with E-state index in [4.69, 9.17) is 11.6 Å². The Bertz CT molecular complexity index is 738. The summed E-state index contributed by atoms with van der Waals surface area (Å²) in [5, 5.41) is 0.131. The van der Waals surface area contributed by atoms with Crippen LogP contribution in [0.3, 0.4) is 0 Å². The molecule has 2 N–H and O–H groups in total. The molecule has 114 valence electrons. The van der Waals surface area contributed by atoms with Crippen LogP contribution in [0.5, 0.6) is 0 Å². The quantitative estimate of drug-likeness (QED) is 0.831. The van der Waals surface area contributed by atoms with Crippen molar-refractivity contribution in [2.45, 2.75) is 25.7 Å². The number of aromatic nitrogens is 4. The van der Waals surface area contributed by atoms with Crippen molar-refractivity contribution in [2.24, 2.45) is 0 Å². The third-order valence-electron chi connectivity index (χ3n) is 3.37. The highest BCUT2D eigenvalue weighted by molar-refractivity contribution is 7.90. The van der Waals surface area contributed by atoms with Crippen LogP contribution >= 0.6 is 11.6 Å². The Labute approximate surface area is 127 Å². The fraction of sp³-hybridized carbons (Fsp3) is 0.545. The van der Waals surface area contributed by atoms with Gasteiger partial charge in [-0.3, -0.25) is 0 Å². The number of aromatic amines is 1. The number of imidazole rings is 1. The molecule has 3 rings (SSSR count). The van der Waals surface area contributed by atoms with Crippen LogP contribution in [-0.2, 0) is 10.2 Å². The number of hydrogen-bond acceptors (Lipinski definition) is 5. The number of fused-ring (bicyclic) bond motifs is 1. The molecule has 0 bridgehead atoms. The Morgan fingerprint density at radius 3 is 2.62 bits per heavy atom. The maximum Gasteiger partial charge on any atom is 0.303 e. The first kappa shape index (κ1) is 14.5. The summed E-state index contributed by atoms with van der Waals surface area (Å²) < 4.78 is 28.5. The average Bonchev–Trinajstić information content (AvgIpc) is 2.72. The first-order chi connectivity index (χ1) is 10.1. The van der Waals surface area contributed by atoms with Crippen LogP contribution in [0.15, 0.2) is 6.33 Å². The zero-order chi connectivity index (χ0) is 14.9. The van der Waals surface area contributed by atoms with Crippen molar-refractivity contribution in [2.75, 3.05) is 17.8 Å². The molecule has 10 heteroatoms. The fourth-order valence-corrected chi connectivity index (χ4v) is 3.71. The van der Waals surface area contributed by atoms with Gasteiger partial charge in [-0.15, -0.1) is 0 Å². The normalized spacial score (nSPS) is 17.8. The second-order valence-corrected chi connectivity index (χ2v) is 6.89. The van der Waals surface area contributed by atoms with E-state index in [0.29, 0.717) is 24.3 Å². The van der Waals surface area contributed by atoms with Crippen molar-refractivity contribution in [1.82, 2.24) is 24.2 Å². The topological polar surface area (TPSA) is 104 Å². The smallest absolute Gasteiger partial charge is 0.303 e. The van der Waals surface area contributed by atoms with E-state index in [1.165, 1.54) is 10.6 Å². The minimum absolute atomic E-state index is 0.0659. The second kappa shape index (κ2) is 5.74. The van der Waals surface area contributed by atoms with E-state index in [2.05, 4.69) is 24.7 Å². The number of rotatable bonds is 3. The highest BCUT2D eigenvalue weighted by atomic mass is 35.5. The van der Waals surface area contributed by atoms with Gasteiger partial charge >= 0.3 is 10.2 Å². The molecule has 2 aromatic heterocycles. The summed E-state index contributed by atoms with van der Waals surface area (Å²) in [6.07, 6.45) is 5.25. The van der Waals surface area contributed by atoms with Gasteiger partial charge in [0.1, 0.15) is 5.52 Å². The molecule has 2 aromatic rings. The molecule has 1 aliphatic heterocycles. The third-order valence-corrected chi connectivity index (χ3v) is 5.13. The number of halogens is 1. The van der Waals surface area contributed by atoms with E-state index in [9.17, 15) is 8.42 Å². The van der Waals surface area contributed by atoms with Crippen LogP contribution < -0.4 is 4.72 Å². The van der Waals surface area contributed by atoms with Gasteiger partial charge in [-0.25, -0.2) is 9.71 Å². The number of H-pyrrole nitrogens is 1. The second-order valence-electron chi connectivity index (χ2n) is 4.86. The first-order valence-corrected chi connectivity index (χ1v) is 8.52. The standard InChI is InChI=1S/C11H15ClN6O2S/c12-9-8-10(14-7-13-8)16-11(15-9)17-21(19,20)18-5-3-1-2-4-6-18/h7H,1-6H2,(H2,13,14,15,16,17). The molecular weight excluding hydrogens is 316 g/mol. The summed E-state index contributed by atoms with van der Waals surface area (Å²) in [4.78, 5) is 14.7. The number of nitrogens with one attached hydrogen (secondary N) is 2. The molecular formula is C11H15ClN6O2S. The highest BCUT2D eigenvalue weighted by Gasteiger charge is 2.24. The van der Waals surface area contributed by atoms with Crippen molar-refractivity contribution >= 4 is 38.9 Å². The molecule has 0 amide bonds. The van der Waals surface area contributed by atoms with E-state index >= 15 is 0 Å². The molecule has 0 radical (unpaired) electrons. The van der Waals surface area contributed by atoms with Crippen LogP contribution in [0.25, 0.3) is 11.2 Å². The zero-order valence-corrected chi connectivity index (χ0v) is 12.8. The van der Waals surface area contributed by atoms with Crippen LogP contribution in [0, 0.1) is 0 Å². The molecule has 8 nitrogen and oxygen atoms in total. The molecule has 1 fully saturated rings. The van der Waals surface area contributed by atoms with Gasteiger partial charge in [0, 0.05) is 13.1 Å². The number of hydrogen-bond donors (Lipinski definition) is 2. The van der Waals surface area contributed by atoms with Crippen molar-refractivity contribution < 1.29 is 8.42 Å². The molecule has 0 aromatic carbocycles. The van der Waals surface area contributed by atoms with Crippen LogP contribution in [0.1, 0.15) is 25.7 Å². The molecule has 21 heavy (non-hydrogen) atoms. The summed E-state index contributed by atoms with van der Waals surface area (Å²) in [7, 11) is -3.67. The predicted octanol–water partition coefficient (Wildman–Crippen LogP) is 1.54. The summed E-state index contributed by atoms with van der Waals surface area (Å²) in [6.45, 7) is 1.02. The molecule has 0 saturated carbocycles.